The minimum absolute atomic E-state index is 0.0299. The molecule has 0 bridgehead atoms. The molecule has 1 N–H and O–H groups in total. The van der Waals surface area contributed by atoms with Crippen LogP contribution < -0.4 is 4.90 Å². The highest BCUT2D eigenvalue weighted by Crippen LogP contribution is 2.49. The number of Topliss-reactive ketones (excluding diaryl/α,β-unsaturated/α-hetero) is 1. The van der Waals surface area contributed by atoms with E-state index in [-0.39, 0.29) is 22.4 Å². The third-order valence-corrected chi connectivity index (χ3v) is 8.12. The highest BCUT2D eigenvalue weighted by Gasteiger charge is 2.47. The number of terminal acetylenes is 2. The number of carbonyl (C=O) groups is 1. The molecular formula is C34H33N2O2+. The minimum atomic E-state index is -0.339. The predicted molar refractivity (Wildman–Crippen MR) is 154 cm³/mol. The van der Waals surface area contributed by atoms with Crippen molar-refractivity contribution in [3.8, 4) is 24.7 Å². The minimum Gasteiger partial charge on any atom is -0.506 e. The van der Waals surface area contributed by atoms with Crippen LogP contribution in [0.2, 0.25) is 0 Å². The fourth-order valence-electron chi connectivity index (χ4n) is 6.02. The molecule has 4 nitrogen and oxygen atoms in total. The second kappa shape index (κ2) is 9.23. The first-order valence-corrected chi connectivity index (χ1v) is 13.0. The van der Waals surface area contributed by atoms with Crippen molar-refractivity contribution in [2.75, 3.05) is 18.0 Å². The summed E-state index contributed by atoms with van der Waals surface area (Å²) in [6.45, 7) is 9.85. The van der Waals surface area contributed by atoms with Crippen LogP contribution in [-0.4, -0.2) is 34.3 Å². The average molecular weight is 502 g/mol. The Bertz CT molecular complexity index is 1560. The zero-order valence-electron chi connectivity index (χ0n) is 22.5. The number of ketones is 1. The summed E-state index contributed by atoms with van der Waals surface area (Å²) in [5.41, 5.74) is 6.44. The topological polar surface area (TPSA) is 43.5 Å². The first-order valence-electron chi connectivity index (χ1n) is 13.0. The Hall–Kier alpha value is -4.28. The molecule has 5 rings (SSSR count). The number of carbonyl (C=O) groups excluding carboxylic acids is 1. The van der Waals surface area contributed by atoms with Crippen LogP contribution in [0.15, 0.2) is 83.3 Å². The number of benzene rings is 2. The molecule has 0 saturated heterocycles. The van der Waals surface area contributed by atoms with Crippen LogP contribution in [0.25, 0.3) is 0 Å². The van der Waals surface area contributed by atoms with Gasteiger partial charge >= 0.3 is 0 Å². The maximum Gasteiger partial charge on any atom is 0.209 e. The van der Waals surface area contributed by atoms with Gasteiger partial charge in [0.05, 0.1) is 23.0 Å². The summed E-state index contributed by atoms with van der Waals surface area (Å²) in [5, 5.41) is 11.2. The Kier molecular flexibility index (Phi) is 6.16. The number of fused-ring (bicyclic) bond motifs is 2. The monoisotopic (exact) mass is 501 g/mol. The molecule has 0 spiro atoms. The van der Waals surface area contributed by atoms with Crippen molar-refractivity contribution in [1.29, 1.82) is 0 Å². The van der Waals surface area contributed by atoms with Crippen LogP contribution in [0.5, 0.6) is 0 Å². The second-order valence-electron chi connectivity index (χ2n) is 11.1. The van der Waals surface area contributed by atoms with Gasteiger partial charge in [-0.05, 0) is 31.6 Å². The number of aliphatic hydroxyl groups is 1. The van der Waals surface area contributed by atoms with Crippen LogP contribution in [0.3, 0.4) is 0 Å². The second-order valence-corrected chi connectivity index (χ2v) is 11.1. The van der Waals surface area contributed by atoms with Crippen molar-refractivity contribution in [3.63, 3.8) is 0 Å². The molecule has 0 saturated carbocycles. The van der Waals surface area contributed by atoms with Crippen molar-refractivity contribution in [2.45, 2.75) is 51.4 Å². The van der Waals surface area contributed by atoms with Gasteiger partial charge in [-0.2, -0.15) is 4.58 Å². The van der Waals surface area contributed by atoms with Crippen LogP contribution in [0.4, 0.5) is 11.4 Å². The van der Waals surface area contributed by atoms with Crippen molar-refractivity contribution in [1.82, 2.24) is 0 Å². The van der Waals surface area contributed by atoms with E-state index in [2.05, 4.69) is 73.3 Å². The van der Waals surface area contributed by atoms with E-state index in [0.29, 0.717) is 37.1 Å². The molecule has 0 atom stereocenters. The SMILES string of the molecule is C#CCCN1C(=CC2=C(O)C(=CC3=[N+](CCC#C)c4ccccc4C3(C)C)C2=O)C(C)(C)c2ccccc21. The van der Waals surface area contributed by atoms with E-state index >= 15 is 0 Å². The Morgan fingerprint density at radius 3 is 2.26 bits per heavy atom. The molecule has 2 aromatic carbocycles. The van der Waals surface area contributed by atoms with Crippen molar-refractivity contribution >= 4 is 22.9 Å². The number of anilines is 1. The third kappa shape index (κ3) is 3.72. The quantitative estimate of drug-likeness (QED) is 0.295. The first-order chi connectivity index (χ1) is 18.1. The van der Waals surface area contributed by atoms with Crippen LogP contribution in [0.1, 0.15) is 51.7 Å². The van der Waals surface area contributed by atoms with E-state index in [1.54, 1.807) is 0 Å². The molecule has 0 unspecified atom stereocenters. The number of rotatable bonds is 6. The molecule has 0 fully saturated rings. The zero-order chi connectivity index (χ0) is 27.2. The Labute approximate surface area is 225 Å². The number of allylic oxidation sites excluding steroid dienone is 5. The molecule has 0 radical (unpaired) electrons. The van der Waals surface area contributed by atoms with Gasteiger partial charge in [0.2, 0.25) is 11.5 Å². The lowest BCUT2D eigenvalue weighted by Crippen LogP contribution is -2.32. The van der Waals surface area contributed by atoms with E-state index in [1.165, 1.54) is 11.1 Å². The van der Waals surface area contributed by atoms with Gasteiger partial charge in [-0.25, -0.2) is 0 Å². The number of aliphatic hydroxyl groups excluding tert-OH is 1. The highest BCUT2D eigenvalue weighted by molar-refractivity contribution is 6.24. The molecule has 4 heteroatoms. The van der Waals surface area contributed by atoms with Gasteiger partial charge in [0.1, 0.15) is 5.76 Å². The van der Waals surface area contributed by atoms with E-state index in [9.17, 15) is 9.90 Å². The van der Waals surface area contributed by atoms with Gasteiger partial charge in [-0.15, -0.1) is 24.7 Å². The lowest BCUT2D eigenvalue weighted by Gasteiger charge is -2.29. The van der Waals surface area contributed by atoms with Crippen molar-refractivity contribution < 1.29 is 14.5 Å². The average Bonchev–Trinajstić information content (AvgIpc) is 3.26. The molecular weight excluding hydrogens is 468 g/mol. The van der Waals surface area contributed by atoms with Gasteiger partial charge in [0.15, 0.2) is 12.3 Å². The van der Waals surface area contributed by atoms with Gasteiger partial charge in [0, 0.05) is 47.5 Å². The molecule has 38 heavy (non-hydrogen) atoms. The van der Waals surface area contributed by atoms with E-state index < -0.39 is 0 Å². The summed E-state index contributed by atoms with van der Waals surface area (Å²) in [7, 11) is 0. The normalized spacial score (nSPS) is 20.9. The molecule has 1 aliphatic carbocycles. The summed E-state index contributed by atoms with van der Waals surface area (Å²) >= 11 is 0. The first kappa shape index (κ1) is 25.4. The summed E-state index contributed by atoms with van der Waals surface area (Å²) < 4.78 is 2.18. The maximum atomic E-state index is 13.5. The number of para-hydroxylation sites is 2. The van der Waals surface area contributed by atoms with Crippen LogP contribution in [-0.2, 0) is 15.6 Å². The van der Waals surface area contributed by atoms with Crippen molar-refractivity contribution in [2.24, 2.45) is 0 Å². The van der Waals surface area contributed by atoms with Gasteiger partial charge in [-0.3, -0.25) is 4.79 Å². The third-order valence-electron chi connectivity index (χ3n) is 8.12. The van der Waals surface area contributed by atoms with Gasteiger partial charge in [0.25, 0.3) is 0 Å². The summed E-state index contributed by atoms with van der Waals surface area (Å²) in [4.78, 5) is 15.7. The molecule has 2 aromatic rings. The lowest BCUT2D eigenvalue weighted by molar-refractivity contribution is -0.436. The van der Waals surface area contributed by atoms with E-state index in [1.807, 2.05) is 36.4 Å². The fraction of sp³-hybridized carbons (Fsp3) is 0.294. The molecule has 0 amide bonds. The molecule has 0 aromatic heterocycles. The maximum absolute atomic E-state index is 13.5. The number of nitrogens with zero attached hydrogens (tertiary/aromatic N) is 2. The van der Waals surface area contributed by atoms with Gasteiger partial charge in [-0.1, -0.05) is 50.2 Å². The van der Waals surface area contributed by atoms with Crippen LogP contribution in [0, 0.1) is 24.7 Å². The summed E-state index contributed by atoms with van der Waals surface area (Å²) in [6, 6.07) is 16.5. The molecule has 2 heterocycles. The Morgan fingerprint density at radius 2 is 1.58 bits per heavy atom. The predicted octanol–water partition coefficient (Wildman–Crippen LogP) is 6.11. The zero-order valence-corrected chi connectivity index (χ0v) is 22.5. The Balaban J connectivity index is 1.58. The van der Waals surface area contributed by atoms with Gasteiger partial charge < -0.3 is 10.0 Å². The largest absolute Gasteiger partial charge is 0.506 e. The molecule has 190 valence electrons. The Morgan fingerprint density at radius 1 is 0.921 bits per heavy atom. The van der Waals surface area contributed by atoms with Crippen molar-refractivity contribution in [3.05, 3.63) is 94.4 Å². The number of hydrogen-bond acceptors (Lipinski definition) is 3. The smallest absolute Gasteiger partial charge is 0.209 e. The van der Waals surface area contributed by atoms with E-state index in [0.717, 1.165) is 22.8 Å². The lowest BCUT2D eigenvalue weighted by atomic mass is 9.77. The number of hydrogen-bond donors (Lipinski definition) is 1. The standard InChI is InChI=1S/C34H32N2O2/c1-7-9-19-35-27-17-13-11-15-25(27)33(3,4)29(35)21-23-31(37)24(32(23)38)22-30-34(5,6)26-16-12-14-18-28(26)36(30)20-10-8-2/h1-2,11-18,21-22H,9-10,19-20H2,3-6H3/p+1. The van der Waals surface area contributed by atoms with Crippen LogP contribution >= 0.6 is 0 Å². The highest BCUT2D eigenvalue weighted by atomic mass is 16.3. The van der Waals surface area contributed by atoms with E-state index in [4.69, 9.17) is 12.8 Å². The fourth-order valence-corrected chi connectivity index (χ4v) is 6.02. The molecule has 2 aliphatic heterocycles. The summed E-state index contributed by atoms with van der Waals surface area (Å²) in [5.74, 6) is 5.33. The summed E-state index contributed by atoms with van der Waals surface area (Å²) in [6.07, 6.45) is 16.0. The molecule has 3 aliphatic rings.